The highest BCUT2D eigenvalue weighted by atomic mass is 32.1. The van der Waals surface area contributed by atoms with Gasteiger partial charge in [-0.2, -0.15) is 0 Å². The highest BCUT2D eigenvalue weighted by Crippen LogP contribution is 2.51. The van der Waals surface area contributed by atoms with Crippen LogP contribution < -0.4 is 5.73 Å². The Morgan fingerprint density at radius 2 is 2.30 bits per heavy atom. The molecule has 108 valence electrons. The zero-order valence-electron chi connectivity index (χ0n) is 11.3. The van der Waals surface area contributed by atoms with Gasteiger partial charge in [0.25, 0.3) is 5.91 Å². The van der Waals surface area contributed by atoms with Gasteiger partial charge in [0.1, 0.15) is 0 Å². The van der Waals surface area contributed by atoms with Crippen LogP contribution >= 0.6 is 11.3 Å². The van der Waals surface area contributed by atoms with E-state index in [0.29, 0.717) is 12.5 Å². The lowest BCUT2D eigenvalue weighted by Crippen LogP contribution is -2.47. The third kappa shape index (κ3) is 2.13. The van der Waals surface area contributed by atoms with Crippen molar-refractivity contribution in [2.75, 3.05) is 13.1 Å². The fourth-order valence-corrected chi connectivity index (χ4v) is 4.05. The minimum absolute atomic E-state index is 0.00239. The molecule has 1 aliphatic carbocycles. The molecular weight excluding hydrogens is 276 g/mol. The summed E-state index contributed by atoms with van der Waals surface area (Å²) in [5.41, 5.74) is 4.88. The molecule has 1 aromatic heterocycles. The summed E-state index contributed by atoms with van der Waals surface area (Å²) in [7, 11) is 0. The van der Waals surface area contributed by atoms with Crippen molar-refractivity contribution in [3.8, 4) is 0 Å². The molecule has 5 nitrogen and oxygen atoms in total. The quantitative estimate of drug-likeness (QED) is 0.856. The van der Waals surface area contributed by atoms with E-state index in [9.17, 15) is 14.7 Å². The summed E-state index contributed by atoms with van der Waals surface area (Å²) < 4.78 is 0. The van der Waals surface area contributed by atoms with Crippen molar-refractivity contribution in [1.82, 2.24) is 4.90 Å². The first-order chi connectivity index (χ1) is 9.42. The zero-order chi connectivity index (χ0) is 14.5. The predicted molar refractivity (Wildman–Crippen MR) is 75.2 cm³/mol. The van der Waals surface area contributed by atoms with Crippen LogP contribution in [0.5, 0.6) is 0 Å². The number of hydrogen-bond acceptors (Lipinski definition) is 4. The number of β-amino-alcohol motifs (C(OH)–C–C–N with tert-alkyl or cyclic N) is 1. The molecule has 3 rings (SSSR count). The third-order valence-corrected chi connectivity index (χ3v) is 5.52. The lowest BCUT2D eigenvalue weighted by Gasteiger charge is -2.20. The third-order valence-electron chi connectivity index (χ3n) is 4.36. The fraction of sp³-hybridized carbons (Fsp3) is 0.571. The van der Waals surface area contributed by atoms with Gasteiger partial charge < -0.3 is 15.7 Å². The van der Waals surface area contributed by atoms with Crippen LogP contribution in [0.3, 0.4) is 0 Å². The smallest absolute Gasteiger partial charge is 0.251 e. The van der Waals surface area contributed by atoms with E-state index in [0.717, 1.165) is 6.42 Å². The Balaban J connectivity index is 1.65. The zero-order valence-corrected chi connectivity index (χ0v) is 12.2. The van der Waals surface area contributed by atoms with Gasteiger partial charge in [-0.15, -0.1) is 11.3 Å². The van der Waals surface area contributed by atoms with Gasteiger partial charge in [-0.05, 0) is 30.4 Å². The summed E-state index contributed by atoms with van der Waals surface area (Å²) in [6.45, 7) is 2.51. The Kier molecular flexibility index (Phi) is 3.10. The molecule has 3 N–H and O–H groups in total. The van der Waals surface area contributed by atoms with E-state index in [1.165, 1.54) is 10.4 Å². The molecule has 2 fully saturated rings. The maximum absolute atomic E-state index is 12.4. The molecule has 2 aliphatic rings. The van der Waals surface area contributed by atoms with E-state index in [1.807, 2.05) is 5.38 Å². The Bertz CT molecular complexity index is 571. The van der Waals surface area contributed by atoms with Crippen molar-refractivity contribution in [1.29, 1.82) is 0 Å². The lowest BCUT2D eigenvalue weighted by molar-refractivity contribution is -0.137. The van der Waals surface area contributed by atoms with Gasteiger partial charge >= 0.3 is 0 Å². The molecule has 2 heterocycles. The van der Waals surface area contributed by atoms with Crippen LogP contribution in [0, 0.1) is 12.8 Å². The van der Waals surface area contributed by atoms with Crippen molar-refractivity contribution in [3.05, 3.63) is 21.9 Å². The molecule has 1 aliphatic heterocycles. The van der Waals surface area contributed by atoms with Crippen molar-refractivity contribution in [2.24, 2.45) is 11.7 Å². The fourth-order valence-electron chi connectivity index (χ4n) is 2.94. The minimum Gasteiger partial charge on any atom is -0.378 e. The highest BCUT2D eigenvalue weighted by molar-refractivity contribution is 7.10. The van der Waals surface area contributed by atoms with Crippen molar-refractivity contribution in [3.63, 3.8) is 0 Å². The number of carbonyl (C=O) groups is 2. The average molecular weight is 294 g/mol. The Morgan fingerprint density at radius 3 is 2.85 bits per heavy atom. The van der Waals surface area contributed by atoms with E-state index < -0.39 is 11.5 Å². The molecule has 1 aromatic rings. The van der Waals surface area contributed by atoms with Crippen LogP contribution in [0.15, 0.2) is 11.4 Å². The Hall–Kier alpha value is -1.40. The minimum atomic E-state index is -1.54. The van der Waals surface area contributed by atoms with Gasteiger partial charge in [-0.1, -0.05) is 0 Å². The van der Waals surface area contributed by atoms with E-state index in [2.05, 4.69) is 13.0 Å². The van der Waals surface area contributed by atoms with Crippen molar-refractivity contribution in [2.45, 2.75) is 31.3 Å². The number of carbonyl (C=O) groups excluding carboxylic acids is 2. The van der Waals surface area contributed by atoms with Crippen molar-refractivity contribution >= 4 is 23.2 Å². The van der Waals surface area contributed by atoms with E-state index in [4.69, 9.17) is 5.73 Å². The molecule has 3 atom stereocenters. The second kappa shape index (κ2) is 4.56. The van der Waals surface area contributed by atoms with Gasteiger partial charge in [0, 0.05) is 29.7 Å². The van der Waals surface area contributed by atoms with Crippen LogP contribution in [0.25, 0.3) is 0 Å². The van der Waals surface area contributed by atoms with Crippen LogP contribution in [-0.4, -0.2) is 40.5 Å². The van der Waals surface area contributed by atoms with E-state index in [-0.39, 0.29) is 24.8 Å². The summed E-state index contributed by atoms with van der Waals surface area (Å²) in [6.07, 6.45) is 1.11. The largest absolute Gasteiger partial charge is 0.378 e. The second-order valence-corrected chi connectivity index (χ2v) is 6.77. The van der Waals surface area contributed by atoms with Crippen LogP contribution in [0.2, 0.25) is 0 Å². The molecule has 6 heteroatoms. The number of amides is 2. The number of thiophene rings is 1. The van der Waals surface area contributed by atoms with Gasteiger partial charge in [0.2, 0.25) is 5.91 Å². The molecule has 2 amide bonds. The first kappa shape index (κ1) is 13.6. The molecule has 0 bridgehead atoms. The Labute approximate surface area is 121 Å². The summed E-state index contributed by atoms with van der Waals surface area (Å²) in [5.74, 6) is -0.387. The molecule has 0 aromatic carbocycles. The lowest BCUT2D eigenvalue weighted by atomic mass is 10.0. The summed E-state index contributed by atoms with van der Waals surface area (Å²) in [6, 6.07) is 2.07. The number of aliphatic hydroxyl groups is 1. The summed E-state index contributed by atoms with van der Waals surface area (Å²) >= 11 is 1.69. The standard InChI is InChI=1S/C14H18N2O3S/c1-8-2-5-20-11(8)9-6-10(9)12(17)16-4-3-14(19,7-16)13(15)18/h2,5,9-10,19H,3-4,6-7H2,1H3,(H2,15,18)/t9-,10+,14-/m1/s1. The molecule has 0 radical (unpaired) electrons. The molecule has 1 saturated heterocycles. The number of primary amides is 1. The molecule has 20 heavy (non-hydrogen) atoms. The molecule has 1 saturated carbocycles. The average Bonchev–Trinajstić information content (AvgIpc) is 2.90. The van der Waals surface area contributed by atoms with Crippen LogP contribution in [-0.2, 0) is 9.59 Å². The van der Waals surface area contributed by atoms with Crippen molar-refractivity contribution < 1.29 is 14.7 Å². The summed E-state index contributed by atoms with van der Waals surface area (Å²) in [4.78, 5) is 26.5. The number of rotatable bonds is 3. The second-order valence-electron chi connectivity index (χ2n) is 5.82. The SMILES string of the molecule is Cc1ccsc1[C@@H]1C[C@@H]1C(=O)N1CC[C@](O)(C(N)=O)C1. The maximum atomic E-state index is 12.4. The normalized spacial score (nSPS) is 32.4. The predicted octanol–water partition coefficient (Wildman–Crippen LogP) is 0.609. The Morgan fingerprint density at radius 1 is 1.55 bits per heavy atom. The number of nitrogens with zero attached hydrogens (tertiary/aromatic N) is 1. The van der Waals surface area contributed by atoms with E-state index >= 15 is 0 Å². The van der Waals surface area contributed by atoms with Crippen LogP contribution in [0.4, 0.5) is 0 Å². The van der Waals surface area contributed by atoms with Crippen LogP contribution in [0.1, 0.15) is 29.2 Å². The van der Waals surface area contributed by atoms with Gasteiger partial charge in [-0.3, -0.25) is 9.59 Å². The van der Waals surface area contributed by atoms with E-state index in [1.54, 1.807) is 16.2 Å². The highest BCUT2D eigenvalue weighted by Gasteiger charge is 2.51. The topological polar surface area (TPSA) is 83.6 Å². The maximum Gasteiger partial charge on any atom is 0.251 e. The first-order valence-electron chi connectivity index (χ1n) is 6.77. The number of hydrogen-bond donors (Lipinski definition) is 2. The summed E-state index contributed by atoms with van der Waals surface area (Å²) in [5, 5.41) is 12.1. The van der Waals surface area contributed by atoms with Gasteiger partial charge in [-0.25, -0.2) is 0 Å². The molecule has 0 unspecified atom stereocenters. The number of nitrogens with two attached hydrogens (primary N) is 1. The molecule has 0 spiro atoms. The van der Waals surface area contributed by atoms with Gasteiger partial charge in [0.15, 0.2) is 5.60 Å². The number of likely N-dealkylation sites (tertiary alicyclic amines) is 1. The number of aryl methyl sites for hydroxylation is 1. The van der Waals surface area contributed by atoms with Gasteiger partial charge in [0.05, 0.1) is 6.54 Å². The first-order valence-corrected chi connectivity index (χ1v) is 7.65. The monoisotopic (exact) mass is 294 g/mol. The molecular formula is C14H18N2O3S.